The second-order valence-electron chi connectivity index (χ2n) is 7.19. The molecule has 0 bridgehead atoms. The molecule has 0 radical (unpaired) electrons. The van der Waals surface area contributed by atoms with E-state index in [4.69, 9.17) is 9.98 Å². The topological polar surface area (TPSA) is 28.5 Å². The van der Waals surface area contributed by atoms with Gasteiger partial charge in [0.15, 0.2) is 0 Å². The van der Waals surface area contributed by atoms with Gasteiger partial charge in [-0.3, -0.25) is 14.9 Å². The number of aliphatic imine (C=N–C) groups is 1. The fraction of sp³-hybridized carbons (Fsp3) is 0.440. The van der Waals surface area contributed by atoms with Crippen LogP contribution >= 0.6 is 0 Å². The van der Waals surface area contributed by atoms with Crippen molar-refractivity contribution in [2.75, 3.05) is 6.54 Å². The molecule has 0 fully saturated rings. The molecule has 1 unspecified atom stereocenters. The third-order valence-corrected chi connectivity index (χ3v) is 5.00. The average molecular weight is 378 g/mol. The lowest BCUT2D eigenvalue weighted by molar-refractivity contribution is 0.194. The highest BCUT2D eigenvalue weighted by Gasteiger charge is 2.22. The summed E-state index contributed by atoms with van der Waals surface area (Å²) in [6.07, 6.45) is 11.6. The third kappa shape index (κ3) is 6.42. The molecule has 0 aliphatic heterocycles. The molecule has 1 heterocycles. The minimum Gasteiger partial charge on any atom is -0.289 e. The Morgan fingerprint density at radius 1 is 1.14 bits per heavy atom. The Hall–Kier alpha value is -2.26. The van der Waals surface area contributed by atoms with Crippen molar-refractivity contribution >= 4 is 17.1 Å². The highest BCUT2D eigenvalue weighted by Crippen LogP contribution is 2.22. The van der Waals surface area contributed by atoms with Crippen LogP contribution in [0.1, 0.15) is 58.6 Å². The number of pyridine rings is 1. The molecule has 0 saturated heterocycles. The van der Waals surface area contributed by atoms with Crippen molar-refractivity contribution in [3.8, 4) is 0 Å². The van der Waals surface area contributed by atoms with Crippen LogP contribution in [0.3, 0.4) is 0 Å². The lowest BCUT2D eigenvalue weighted by atomic mass is 10.0. The van der Waals surface area contributed by atoms with Gasteiger partial charge in [-0.05, 0) is 44.5 Å². The van der Waals surface area contributed by atoms with Crippen LogP contribution in [0.4, 0.5) is 0 Å². The lowest BCUT2D eigenvalue weighted by Gasteiger charge is -2.32. The van der Waals surface area contributed by atoms with Gasteiger partial charge in [0.05, 0.1) is 22.9 Å². The monoisotopic (exact) mass is 377 g/mol. The Kier molecular flexibility index (Phi) is 9.64. The number of para-hydroxylation sites is 1. The van der Waals surface area contributed by atoms with E-state index in [1.54, 1.807) is 0 Å². The number of hydrogen-bond acceptors (Lipinski definition) is 3. The third-order valence-electron chi connectivity index (χ3n) is 5.00. The average Bonchev–Trinajstić information content (AvgIpc) is 2.72. The van der Waals surface area contributed by atoms with Gasteiger partial charge < -0.3 is 0 Å². The molecule has 0 N–H and O–H groups in total. The zero-order chi connectivity index (χ0) is 20.2. The van der Waals surface area contributed by atoms with Crippen LogP contribution in [0.25, 0.3) is 10.9 Å². The van der Waals surface area contributed by atoms with E-state index < -0.39 is 0 Å². The van der Waals surface area contributed by atoms with Crippen LogP contribution in [0.15, 0.2) is 65.8 Å². The van der Waals surface area contributed by atoms with Gasteiger partial charge in [-0.15, -0.1) is 0 Å². The number of allylic oxidation sites excluding steroid dienone is 2. The van der Waals surface area contributed by atoms with E-state index >= 15 is 0 Å². The van der Waals surface area contributed by atoms with Crippen LogP contribution < -0.4 is 0 Å². The normalized spacial score (nSPS) is 13.5. The van der Waals surface area contributed by atoms with Crippen LogP contribution in [-0.4, -0.2) is 28.7 Å². The van der Waals surface area contributed by atoms with Crippen LogP contribution in [0, 0.1) is 0 Å². The minimum atomic E-state index is 0.286. The second kappa shape index (κ2) is 12.2. The molecule has 150 valence electrons. The molecular weight excluding hydrogens is 342 g/mol. The van der Waals surface area contributed by atoms with Gasteiger partial charge in [0.1, 0.15) is 0 Å². The quantitative estimate of drug-likeness (QED) is 0.310. The smallest absolute Gasteiger partial charge is 0.0705 e. The molecular formula is C25H35N3. The number of hydrogen-bond donors (Lipinski definition) is 0. The molecule has 2 aromatic rings. The Bertz CT molecular complexity index is 791. The summed E-state index contributed by atoms with van der Waals surface area (Å²) in [6.45, 7) is 12.3. The first-order valence-electron chi connectivity index (χ1n) is 10.6. The van der Waals surface area contributed by atoms with Gasteiger partial charge in [-0.25, -0.2) is 0 Å². The summed E-state index contributed by atoms with van der Waals surface area (Å²) in [5.74, 6) is 0. The first-order chi connectivity index (χ1) is 13.7. The predicted molar refractivity (Wildman–Crippen MR) is 123 cm³/mol. The molecule has 0 amide bonds. The molecule has 0 aliphatic rings. The standard InChI is InChI=1S/C25H35N3/c1-5-9-16-25(24(13-7-3)26-8-4)28(19-10-6-2)20-22-18-17-21-14-11-12-15-23(21)27-22/h7-8,11-15,17-18,25H,3,5-6,9-10,16,19-20H2,1-2,4H3/b24-13-,26-8?. The first kappa shape index (κ1) is 22.0. The molecule has 28 heavy (non-hydrogen) atoms. The van der Waals surface area contributed by atoms with Crippen molar-refractivity contribution in [2.24, 2.45) is 4.99 Å². The van der Waals surface area contributed by atoms with Crippen molar-refractivity contribution in [3.05, 3.63) is 66.5 Å². The van der Waals surface area contributed by atoms with Gasteiger partial charge in [0, 0.05) is 18.1 Å². The molecule has 1 atom stereocenters. The van der Waals surface area contributed by atoms with Crippen LogP contribution in [0.5, 0.6) is 0 Å². The Morgan fingerprint density at radius 2 is 1.93 bits per heavy atom. The number of rotatable bonds is 12. The predicted octanol–water partition coefficient (Wildman–Crippen LogP) is 6.56. The molecule has 0 spiro atoms. The zero-order valence-corrected chi connectivity index (χ0v) is 17.8. The van der Waals surface area contributed by atoms with Crippen molar-refractivity contribution < 1.29 is 0 Å². The van der Waals surface area contributed by atoms with E-state index in [-0.39, 0.29) is 6.04 Å². The molecule has 3 nitrogen and oxygen atoms in total. The van der Waals surface area contributed by atoms with E-state index in [2.05, 4.69) is 67.8 Å². The largest absolute Gasteiger partial charge is 0.289 e. The van der Waals surface area contributed by atoms with Gasteiger partial charge in [-0.1, -0.05) is 70.0 Å². The summed E-state index contributed by atoms with van der Waals surface area (Å²) >= 11 is 0. The molecule has 0 aliphatic carbocycles. The SMILES string of the molecule is C=C/C=C(\N=CC)C(CCCC)N(CCCC)Cc1ccc2ccccc2n1. The Balaban J connectivity index is 2.34. The Labute approximate surface area is 170 Å². The molecule has 1 aromatic heterocycles. The summed E-state index contributed by atoms with van der Waals surface area (Å²) in [4.78, 5) is 12.2. The van der Waals surface area contributed by atoms with Gasteiger partial charge >= 0.3 is 0 Å². The highest BCUT2D eigenvalue weighted by molar-refractivity contribution is 5.78. The summed E-state index contributed by atoms with van der Waals surface area (Å²) in [6, 6.07) is 13.0. The van der Waals surface area contributed by atoms with Crippen LogP contribution in [0.2, 0.25) is 0 Å². The lowest BCUT2D eigenvalue weighted by Crippen LogP contribution is -2.37. The maximum absolute atomic E-state index is 4.92. The van der Waals surface area contributed by atoms with Crippen molar-refractivity contribution in [3.63, 3.8) is 0 Å². The Morgan fingerprint density at radius 3 is 2.64 bits per heavy atom. The second-order valence-corrected chi connectivity index (χ2v) is 7.19. The van der Waals surface area contributed by atoms with Crippen molar-refractivity contribution in [1.29, 1.82) is 0 Å². The van der Waals surface area contributed by atoms with E-state index in [1.807, 2.05) is 19.2 Å². The summed E-state index contributed by atoms with van der Waals surface area (Å²) < 4.78 is 0. The first-order valence-corrected chi connectivity index (χ1v) is 10.6. The zero-order valence-electron chi connectivity index (χ0n) is 17.8. The molecule has 1 aromatic carbocycles. The fourth-order valence-corrected chi connectivity index (χ4v) is 3.54. The molecule has 3 heteroatoms. The number of fused-ring (bicyclic) bond motifs is 1. The van der Waals surface area contributed by atoms with E-state index in [1.165, 1.54) is 31.1 Å². The van der Waals surface area contributed by atoms with Gasteiger partial charge in [0.2, 0.25) is 0 Å². The van der Waals surface area contributed by atoms with Gasteiger partial charge in [-0.2, -0.15) is 0 Å². The molecule has 2 rings (SSSR count). The maximum Gasteiger partial charge on any atom is 0.0705 e. The summed E-state index contributed by atoms with van der Waals surface area (Å²) in [7, 11) is 0. The van der Waals surface area contributed by atoms with E-state index in [0.29, 0.717) is 0 Å². The van der Waals surface area contributed by atoms with E-state index in [9.17, 15) is 0 Å². The number of benzene rings is 1. The van der Waals surface area contributed by atoms with Crippen molar-refractivity contribution in [2.45, 2.75) is 65.5 Å². The summed E-state index contributed by atoms with van der Waals surface area (Å²) in [5.41, 5.74) is 3.28. The number of nitrogens with zero attached hydrogens (tertiary/aromatic N) is 3. The van der Waals surface area contributed by atoms with Crippen molar-refractivity contribution in [1.82, 2.24) is 9.88 Å². The molecule has 0 saturated carbocycles. The fourth-order valence-electron chi connectivity index (χ4n) is 3.54. The maximum atomic E-state index is 4.92. The highest BCUT2D eigenvalue weighted by atomic mass is 15.2. The summed E-state index contributed by atoms with van der Waals surface area (Å²) in [5, 5.41) is 1.19. The number of unbranched alkanes of at least 4 members (excludes halogenated alkanes) is 2. The number of aromatic nitrogens is 1. The van der Waals surface area contributed by atoms with Gasteiger partial charge in [0.25, 0.3) is 0 Å². The van der Waals surface area contributed by atoms with E-state index in [0.717, 1.165) is 36.4 Å². The van der Waals surface area contributed by atoms with Crippen LogP contribution in [-0.2, 0) is 6.54 Å². The minimum absolute atomic E-state index is 0.286.